The van der Waals surface area contributed by atoms with Crippen molar-refractivity contribution in [1.82, 2.24) is 9.78 Å². The van der Waals surface area contributed by atoms with Crippen LogP contribution in [0.1, 0.15) is 29.8 Å². The molecule has 24 heavy (non-hydrogen) atoms. The topological polar surface area (TPSA) is 76.7 Å². The largest absolute Gasteiger partial charge is 0.487 e. The third-order valence-corrected chi connectivity index (χ3v) is 5.32. The lowest BCUT2D eigenvalue weighted by Crippen LogP contribution is -2.33. The van der Waals surface area contributed by atoms with E-state index in [-0.39, 0.29) is 6.61 Å². The predicted molar refractivity (Wildman–Crippen MR) is 91.6 cm³/mol. The SMILES string of the molecule is Cn1nc(COc2ccc(C3(O)CCOCC3)cc2)c(Br)c1CO. The molecule has 3 rings (SSSR count). The highest BCUT2D eigenvalue weighted by molar-refractivity contribution is 9.10. The lowest BCUT2D eigenvalue weighted by Gasteiger charge is -2.32. The van der Waals surface area contributed by atoms with Gasteiger partial charge in [-0.2, -0.15) is 5.10 Å². The minimum absolute atomic E-state index is 0.0823. The van der Waals surface area contributed by atoms with Crippen LogP contribution in [0.4, 0.5) is 0 Å². The Morgan fingerprint density at radius 1 is 1.29 bits per heavy atom. The van der Waals surface area contributed by atoms with E-state index in [1.165, 1.54) is 0 Å². The highest BCUT2D eigenvalue weighted by Crippen LogP contribution is 2.33. The third-order valence-electron chi connectivity index (χ3n) is 4.41. The molecule has 0 spiro atoms. The first-order valence-corrected chi connectivity index (χ1v) is 8.67. The summed E-state index contributed by atoms with van der Waals surface area (Å²) in [4.78, 5) is 0. The second kappa shape index (κ2) is 7.23. The van der Waals surface area contributed by atoms with E-state index in [1.807, 2.05) is 24.3 Å². The number of hydrogen-bond donors (Lipinski definition) is 2. The molecule has 0 aliphatic carbocycles. The maximum atomic E-state index is 10.7. The molecule has 2 N–H and O–H groups in total. The van der Waals surface area contributed by atoms with Crippen molar-refractivity contribution in [3.05, 3.63) is 45.7 Å². The van der Waals surface area contributed by atoms with Crippen molar-refractivity contribution in [3.63, 3.8) is 0 Å². The number of ether oxygens (including phenoxy) is 2. The van der Waals surface area contributed by atoms with Crippen molar-refractivity contribution in [2.45, 2.75) is 31.7 Å². The first-order valence-electron chi connectivity index (χ1n) is 7.88. The van der Waals surface area contributed by atoms with Gasteiger partial charge in [0.2, 0.25) is 0 Å². The van der Waals surface area contributed by atoms with Crippen molar-refractivity contribution < 1.29 is 19.7 Å². The van der Waals surface area contributed by atoms with Gasteiger partial charge in [0.1, 0.15) is 18.1 Å². The zero-order valence-electron chi connectivity index (χ0n) is 13.5. The average molecular weight is 397 g/mol. The van der Waals surface area contributed by atoms with E-state index >= 15 is 0 Å². The molecule has 0 amide bonds. The van der Waals surface area contributed by atoms with E-state index in [4.69, 9.17) is 9.47 Å². The van der Waals surface area contributed by atoms with Crippen LogP contribution in [0.2, 0.25) is 0 Å². The highest BCUT2D eigenvalue weighted by Gasteiger charge is 2.31. The number of aliphatic hydroxyl groups excluding tert-OH is 1. The van der Waals surface area contributed by atoms with Gasteiger partial charge in [0.15, 0.2) is 0 Å². The zero-order valence-corrected chi connectivity index (χ0v) is 15.1. The van der Waals surface area contributed by atoms with Crippen molar-refractivity contribution in [2.75, 3.05) is 13.2 Å². The van der Waals surface area contributed by atoms with E-state index in [1.54, 1.807) is 11.7 Å². The van der Waals surface area contributed by atoms with Gasteiger partial charge in [-0.1, -0.05) is 12.1 Å². The van der Waals surface area contributed by atoms with Gasteiger partial charge in [0.25, 0.3) is 0 Å². The quantitative estimate of drug-likeness (QED) is 0.810. The van der Waals surface area contributed by atoms with Crippen molar-refractivity contribution >= 4 is 15.9 Å². The Hall–Kier alpha value is -1.41. The van der Waals surface area contributed by atoms with Gasteiger partial charge in [-0.05, 0) is 33.6 Å². The molecule has 1 aliphatic heterocycles. The van der Waals surface area contributed by atoms with Crippen LogP contribution < -0.4 is 4.74 Å². The number of rotatable bonds is 5. The maximum absolute atomic E-state index is 10.7. The monoisotopic (exact) mass is 396 g/mol. The van der Waals surface area contributed by atoms with Crippen LogP contribution in [0.5, 0.6) is 5.75 Å². The number of hydrogen-bond acceptors (Lipinski definition) is 5. The zero-order chi connectivity index (χ0) is 17.2. The van der Waals surface area contributed by atoms with Crippen LogP contribution in [0.3, 0.4) is 0 Å². The van der Waals surface area contributed by atoms with Gasteiger partial charge in [0.05, 0.1) is 22.4 Å². The van der Waals surface area contributed by atoms with Crippen molar-refractivity contribution in [2.24, 2.45) is 7.05 Å². The molecule has 0 unspecified atom stereocenters. The van der Waals surface area contributed by atoms with Crippen LogP contribution in [-0.4, -0.2) is 33.2 Å². The Morgan fingerprint density at radius 2 is 1.96 bits per heavy atom. The summed E-state index contributed by atoms with van der Waals surface area (Å²) in [5, 5.41) is 24.3. The minimum atomic E-state index is -0.809. The molecular weight excluding hydrogens is 376 g/mol. The molecule has 0 bridgehead atoms. The molecule has 130 valence electrons. The smallest absolute Gasteiger partial charge is 0.133 e. The van der Waals surface area contributed by atoms with E-state index in [2.05, 4.69) is 21.0 Å². The predicted octanol–water partition coefficient (Wildman–Crippen LogP) is 2.25. The molecule has 6 nitrogen and oxygen atoms in total. The molecule has 1 aliphatic rings. The number of benzene rings is 1. The van der Waals surface area contributed by atoms with E-state index in [9.17, 15) is 10.2 Å². The number of aryl methyl sites for hydroxylation is 1. The van der Waals surface area contributed by atoms with Crippen LogP contribution in [-0.2, 0) is 30.6 Å². The summed E-state index contributed by atoms with van der Waals surface area (Å²) < 4.78 is 13.5. The molecule has 1 aromatic carbocycles. The van der Waals surface area contributed by atoms with E-state index < -0.39 is 5.60 Å². The second-order valence-corrected chi connectivity index (χ2v) is 6.74. The van der Waals surface area contributed by atoms with Crippen LogP contribution in [0.25, 0.3) is 0 Å². The molecule has 2 heterocycles. The lowest BCUT2D eigenvalue weighted by atomic mass is 9.86. The molecule has 0 atom stereocenters. The Bertz CT molecular complexity index is 693. The molecule has 1 fully saturated rings. The third kappa shape index (κ3) is 3.49. The molecular formula is C17H21BrN2O4. The van der Waals surface area contributed by atoms with Gasteiger partial charge in [-0.15, -0.1) is 0 Å². The fraction of sp³-hybridized carbons (Fsp3) is 0.471. The first kappa shape index (κ1) is 17.4. The molecule has 0 radical (unpaired) electrons. The summed E-state index contributed by atoms with van der Waals surface area (Å²) in [6.45, 7) is 1.37. The molecule has 7 heteroatoms. The Labute approximate surface area is 149 Å². The summed E-state index contributed by atoms with van der Waals surface area (Å²) in [5.41, 5.74) is 1.52. The van der Waals surface area contributed by atoms with Gasteiger partial charge >= 0.3 is 0 Å². The first-order chi connectivity index (χ1) is 11.5. The van der Waals surface area contributed by atoms with Gasteiger partial charge in [-0.25, -0.2) is 0 Å². The normalized spacial score (nSPS) is 17.0. The van der Waals surface area contributed by atoms with Gasteiger partial charge in [-0.3, -0.25) is 4.68 Å². The molecule has 2 aromatic rings. The Kier molecular flexibility index (Phi) is 5.24. The number of aromatic nitrogens is 2. The van der Waals surface area contributed by atoms with Crippen molar-refractivity contribution in [3.8, 4) is 5.75 Å². The fourth-order valence-corrected chi connectivity index (χ4v) is 3.44. The fourth-order valence-electron chi connectivity index (χ4n) is 2.87. The van der Waals surface area contributed by atoms with Crippen molar-refractivity contribution in [1.29, 1.82) is 0 Å². The van der Waals surface area contributed by atoms with Gasteiger partial charge in [0, 0.05) is 33.1 Å². The van der Waals surface area contributed by atoms with E-state index in [0.717, 1.165) is 15.7 Å². The van der Waals surface area contributed by atoms with Crippen LogP contribution >= 0.6 is 15.9 Å². The highest BCUT2D eigenvalue weighted by atomic mass is 79.9. The number of aliphatic hydroxyl groups is 2. The molecule has 1 saturated heterocycles. The number of halogens is 1. The molecule has 1 aromatic heterocycles. The summed E-state index contributed by atoms with van der Waals surface area (Å²) in [7, 11) is 1.78. The van der Waals surface area contributed by atoms with E-state index in [0.29, 0.717) is 44.1 Å². The minimum Gasteiger partial charge on any atom is -0.487 e. The maximum Gasteiger partial charge on any atom is 0.133 e. The summed E-state index contributed by atoms with van der Waals surface area (Å²) in [6.07, 6.45) is 1.22. The molecule has 0 saturated carbocycles. The Morgan fingerprint density at radius 3 is 2.54 bits per heavy atom. The second-order valence-electron chi connectivity index (χ2n) is 5.95. The summed E-state index contributed by atoms with van der Waals surface area (Å²) >= 11 is 3.44. The van der Waals surface area contributed by atoms with Crippen LogP contribution in [0.15, 0.2) is 28.7 Å². The van der Waals surface area contributed by atoms with Gasteiger partial charge < -0.3 is 19.7 Å². The van der Waals surface area contributed by atoms with Crippen LogP contribution in [0, 0.1) is 0 Å². The summed E-state index contributed by atoms with van der Waals surface area (Å²) in [5.74, 6) is 0.706. The number of nitrogens with zero attached hydrogens (tertiary/aromatic N) is 2. The standard InChI is InChI=1S/C17H21BrN2O4/c1-20-15(10-21)16(18)14(19-20)11-24-13-4-2-12(3-5-13)17(22)6-8-23-9-7-17/h2-5,21-22H,6-11H2,1H3. The lowest BCUT2D eigenvalue weighted by molar-refractivity contribution is -0.0679. The average Bonchev–Trinajstić information content (AvgIpc) is 2.87. The Balaban J connectivity index is 1.66. The summed E-state index contributed by atoms with van der Waals surface area (Å²) in [6, 6.07) is 7.50.